The molecule has 0 unspecified atom stereocenters. The van der Waals surface area contributed by atoms with E-state index >= 15 is 0 Å². The van der Waals surface area contributed by atoms with E-state index in [0.29, 0.717) is 16.3 Å². The van der Waals surface area contributed by atoms with Crippen LogP contribution in [0.4, 0.5) is 5.13 Å². The molecule has 3 N–H and O–H groups in total. The van der Waals surface area contributed by atoms with Crippen molar-refractivity contribution in [2.24, 2.45) is 5.73 Å². The van der Waals surface area contributed by atoms with E-state index in [0.717, 1.165) is 0 Å². The highest BCUT2D eigenvalue weighted by atomic mass is 32.1. The van der Waals surface area contributed by atoms with Crippen molar-refractivity contribution in [1.82, 2.24) is 15.2 Å². The summed E-state index contributed by atoms with van der Waals surface area (Å²) >= 11 is 1.24. The number of nitrogens with two attached hydrogens (primary N) is 1. The van der Waals surface area contributed by atoms with Gasteiger partial charge in [0.15, 0.2) is 0 Å². The highest BCUT2D eigenvalue weighted by molar-refractivity contribution is 7.13. The summed E-state index contributed by atoms with van der Waals surface area (Å²) < 4.78 is 0. The highest BCUT2D eigenvalue weighted by Crippen LogP contribution is 2.12. The normalized spacial score (nSPS) is 9.39. The van der Waals surface area contributed by atoms with E-state index in [1.54, 1.807) is 6.07 Å². The zero-order valence-corrected chi connectivity index (χ0v) is 10.1. The first kappa shape index (κ1) is 12.2. The average Bonchev–Trinajstić information content (AvgIpc) is 2.89. The fourth-order valence-electron chi connectivity index (χ4n) is 1.23. The standard InChI is InChI=1S/C11H9N5OS/c12-4-1-2-8-6-13-5-3-9(8)10(17)15-11-16-14-7-18-11/h3,5-7H,4,12H2,(H,15,16,17). The van der Waals surface area contributed by atoms with Gasteiger partial charge in [-0.1, -0.05) is 23.2 Å². The van der Waals surface area contributed by atoms with E-state index in [2.05, 4.69) is 32.3 Å². The second kappa shape index (κ2) is 5.86. The first-order valence-electron chi connectivity index (χ1n) is 5.01. The number of carbonyl (C=O) groups excluding carboxylic acids is 1. The Balaban J connectivity index is 2.24. The summed E-state index contributed by atoms with van der Waals surface area (Å²) in [6.45, 7) is 0.229. The maximum absolute atomic E-state index is 12.0. The lowest BCUT2D eigenvalue weighted by Crippen LogP contribution is -2.13. The Morgan fingerprint density at radius 3 is 3.17 bits per heavy atom. The van der Waals surface area contributed by atoms with Crippen LogP contribution in [0.3, 0.4) is 0 Å². The van der Waals surface area contributed by atoms with Crippen LogP contribution < -0.4 is 11.1 Å². The molecule has 18 heavy (non-hydrogen) atoms. The predicted molar refractivity (Wildman–Crippen MR) is 68.0 cm³/mol. The van der Waals surface area contributed by atoms with Crippen molar-refractivity contribution in [2.45, 2.75) is 0 Å². The minimum Gasteiger partial charge on any atom is -0.320 e. The topological polar surface area (TPSA) is 93.8 Å². The van der Waals surface area contributed by atoms with Crippen LogP contribution in [0.1, 0.15) is 15.9 Å². The Morgan fingerprint density at radius 1 is 1.56 bits per heavy atom. The number of amides is 1. The molecule has 6 nitrogen and oxygen atoms in total. The van der Waals surface area contributed by atoms with Crippen LogP contribution in [0.25, 0.3) is 0 Å². The maximum Gasteiger partial charge on any atom is 0.258 e. The Morgan fingerprint density at radius 2 is 2.44 bits per heavy atom. The van der Waals surface area contributed by atoms with E-state index in [9.17, 15) is 4.79 Å². The third-order valence-electron chi connectivity index (χ3n) is 1.97. The van der Waals surface area contributed by atoms with Crippen LogP contribution in [0.2, 0.25) is 0 Å². The van der Waals surface area contributed by atoms with Crippen molar-refractivity contribution in [3.63, 3.8) is 0 Å². The maximum atomic E-state index is 12.0. The summed E-state index contributed by atoms with van der Waals surface area (Å²) in [5.41, 5.74) is 7.80. The van der Waals surface area contributed by atoms with Crippen LogP contribution in [0, 0.1) is 11.8 Å². The van der Waals surface area contributed by atoms with Gasteiger partial charge in [-0.3, -0.25) is 15.1 Å². The van der Waals surface area contributed by atoms with Crippen LogP contribution in [0.5, 0.6) is 0 Å². The molecule has 0 spiro atoms. The van der Waals surface area contributed by atoms with Crippen LogP contribution in [-0.2, 0) is 0 Å². The van der Waals surface area contributed by atoms with Gasteiger partial charge in [-0.2, -0.15) is 0 Å². The molecule has 0 aliphatic rings. The minimum atomic E-state index is -0.296. The monoisotopic (exact) mass is 259 g/mol. The van der Waals surface area contributed by atoms with Gasteiger partial charge in [0.25, 0.3) is 5.91 Å². The zero-order chi connectivity index (χ0) is 12.8. The Bertz CT molecular complexity index is 599. The van der Waals surface area contributed by atoms with Crippen molar-refractivity contribution in [3.05, 3.63) is 35.1 Å². The van der Waals surface area contributed by atoms with Crippen molar-refractivity contribution < 1.29 is 4.79 Å². The predicted octanol–water partition coefficient (Wildman–Crippen LogP) is 0.496. The molecular weight excluding hydrogens is 250 g/mol. The Hall–Kier alpha value is -2.30. The van der Waals surface area contributed by atoms with Gasteiger partial charge in [-0.15, -0.1) is 10.2 Å². The fraction of sp³-hybridized carbons (Fsp3) is 0.0909. The number of hydrogen-bond acceptors (Lipinski definition) is 6. The van der Waals surface area contributed by atoms with E-state index in [1.807, 2.05) is 0 Å². The summed E-state index contributed by atoms with van der Waals surface area (Å²) in [5.74, 6) is 5.20. The number of pyridine rings is 1. The first-order chi connectivity index (χ1) is 8.81. The molecule has 2 aromatic heterocycles. The lowest BCUT2D eigenvalue weighted by molar-refractivity contribution is 0.102. The summed E-state index contributed by atoms with van der Waals surface area (Å²) in [5, 5.41) is 10.4. The zero-order valence-electron chi connectivity index (χ0n) is 9.25. The van der Waals surface area contributed by atoms with E-state index < -0.39 is 0 Å². The molecule has 0 saturated heterocycles. The van der Waals surface area contributed by atoms with Gasteiger partial charge in [0, 0.05) is 12.4 Å². The van der Waals surface area contributed by atoms with Gasteiger partial charge in [-0.25, -0.2) is 0 Å². The van der Waals surface area contributed by atoms with E-state index in [-0.39, 0.29) is 12.5 Å². The van der Waals surface area contributed by atoms with Gasteiger partial charge < -0.3 is 5.73 Å². The molecule has 0 aromatic carbocycles. The molecule has 90 valence electrons. The largest absolute Gasteiger partial charge is 0.320 e. The third-order valence-corrected chi connectivity index (χ3v) is 2.58. The number of hydrogen-bond donors (Lipinski definition) is 2. The molecule has 0 bridgehead atoms. The van der Waals surface area contributed by atoms with Crippen molar-refractivity contribution in [2.75, 3.05) is 11.9 Å². The summed E-state index contributed by atoms with van der Waals surface area (Å²) in [7, 11) is 0. The smallest absolute Gasteiger partial charge is 0.258 e. The molecule has 0 atom stereocenters. The molecule has 0 aliphatic carbocycles. The first-order valence-corrected chi connectivity index (χ1v) is 5.89. The molecule has 2 heterocycles. The molecule has 0 saturated carbocycles. The number of nitrogens with zero attached hydrogens (tertiary/aromatic N) is 3. The number of nitrogens with one attached hydrogen (secondary N) is 1. The minimum absolute atomic E-state index is 0.229. The van der Waals surface area contributed by atoms with E-state index in [1.165, 1.54) is 29.2 Å². The summed E-state index contributed by atoms with van der Waals surface area (Å²) in [6.07, 6.45) is 3.06. The lowest BCUT2D eigenvalue weighted by atomic mass is 10.1. The van der Waals surface area contributed by atoms with Crippen molar-refractivity contribution in [3.8, 4) is 11.8 Å². The van der Waals surface area contributed by atoms with Gasteiger partial charge in [0.05, 0.1) is 17.7 Å². The van der Waals surface area contributed by atoms with Crippen molar-refractivity contribution >= 4 is 22.4 Å². The van der Waals surface area contributed by atoms with Gasteiger partial charge in [-0.05, 0) is 6.07 Å². The average molecular weight is 259 g/mol. The van der Waals surface area contributed by atoms with E-state index in [4.69, 9.17) is 5.73 Å². The third kappa shape index (κ3) is 2.88. The summed E-state index contributed by atoms with van der Waals surface area (Å²) in [4.78, 5) is 15.9. The second-order valence-corrected chi connectivity index (χ2v) is 3.96. The van der Waals surface area contributed by atoms with Crippen LogP contribution in [-0.4, -0.2) is 27.6 Å². The number of aromatic nitrogens is 3. The number of rotatable bonds is 2. The Labute approximate surface area is 107 Å². The molecule has 1 amide bonds. The lowest BCUT2D eigenvalue weighted by Gasteiger charge is -2.02. The molecule has 2 rings (SSSR count). The number of anilines is 1. The van der Waals surface area contributed by atoms with Crippen LogP contribution in [0.15, 0.2) is 24.0 Å². The molecule has 0 fully saturated rings. The quantitative estimate of drug-likeness (QED) is 0.766. The molecular formula is C11H9N5OS. The SMILES string of the molecule is NCC#Cc1cnccc1C(=O)Nc1nncs1. The molecule has 7 heteroatoms. The second-order valence-electron chi connectivity index (χ2n) is 3.13. The van der Waals surface area contributed by atoms with Gasteiger partial charge >= 0.3 is 0 Å². The molecule has 2 aromatic rings. The Kier molecular flexibility index (Phi) is 3.96. The van der Waals surface area contributed by atoms with Gasteiger partial charge in [0.2, 0.25) is 5.13 Å². The number of carbonyl (C=O) groups is 1. The summed E-state index contributed by atoms with van der Waals surface area (Å²) in [6, 6.07) is 1.59. The van der Waals surface area contributed by atoms with Crippen molar-refractivity contribution in [1.29, 1.82) is 0 Å². The molecule has 0 radical (unpaired) electrons. The fourth-order valence-corrected chi connectivity index (χ4v) is 1.67. The highest BCUT2D eigenvalue weighted by Gasteiger charge is 2.11. The van der Waals surface area contributed by atoms with Crippen LogP contribution >= 0.6 is 11.3 Å². The molecule has 0 aliphatic heterocycles. The van der Waals surface area contributed by atoms with Gasteiger partial charge in [0.1, 0.15) is 5.51 Å².